The van der Waals surface area contributed by atoms with Crippen molar-refractivity contribution >= 4 is 31.9 Å². The molecule has 0 radical (unpaired) electrons. The molecular weight excluding hydrogens is 294 g/mol. The third-order valence-electron chi connectivity index (χ3n) is 1.85. The first-order valence-corrected chi connectivity index (χ1v) is 7.04. The van der Waals surface area contributed by atoms with Crippen molar-refractivity contribution < 1.29 is 13.2 Å². The van der Waals surface area contributed by atoms with Gasteiger partial charge in [0.05, 0.1) is 4.90 Å². The Hall–Kier alpha value is -0.880. The van der Waals surface area contributed by atoms with Crippen LogP contribution in [0.15, 0.2) is 33.6 Å². The van der Waals surface area contributed by atoms with Crippen LogP contribution in [0.1, 0.15) is 19.8 Å². The van der Waals surface area contributed by atoms with E-state index in [2.05, 4.69) is 15.9 Å². The van der Waals surface area contributed by atoms with Crippen molar-refractivity contribution in [3.05, 3.63) is 28.7 Å². The van der Waals surface area contributed by atoms with Gasteiger partial charge in [-0.3, -0.25) is 4.79 Å². The number of benzene rings is 1. The second-order valence-electron chi connectivity index (χ2n) is 3.23. The van der Waals surface area contributed by atoms with Gasteiger partial charge in [0.1, 0.15) is 0 Å². The highest BCUT2D eigenvalue weighted by Gasteiger charge is 2.16. The number of sulfonamides is 1. The molecule has 1 rings (SSSR count). The standard InChI is InChI=1S/C10H12BrNO3S/c1-2-3-10(13)12-16(14,15)9-6-4-8(11)5-7-9/h4-7H,2-3H2,1H3,(H,12,13). The number of hydrogen-bond acceptors (Lipinski definition) is 3. The molecule has 0 spiro atoms. The van der Waals surface area contributed by atoms with Crippen molar-refractivity contribution in [2.45, 2.75) is 24.7 Å². The van der Waals surface area contributed by atoms with Crippen LogP contribution in [0.4, 0.5) is 0 Å². The molecule has 0 aliphatic rings. The molecule has 0 unspecified atom stereocenters. The van der Waals surface area contributed by atoms with Gasteiger partial charge in [-0.1, -0.05) is 22.9 Å². The SMILES string of the molecule is CCCC(=O)NS(=O)(=O)c1ccc(Br)cc1. The molecule has 88 valence electrons. The van der Waals surface area contributed by atoms with E-state index in [0.717, 1.165) is 4.47 Å². The smallest absolute Gasteiger partial charge is 0.264 e. The first-order chi connectivity index (χ1) is 7.45. The maximum absolute atomic E-state index is 11.7. The van der Waals surface area contributed by atoms with Gasteiger partial charge in [-0.25, -0.2) is 13.1 Å². The number of amides is 1. The van der Waals surface area contributed by atoms with Gasteiger partial charge in [-0.2, -0.15) is 0 Å². The van der Waals surface area contributed by atoms with Crippen LogP contribution < -0.4 is 4.72 Å². The van der Waals surface area contributed by atoms with Crippen LogP contribution in [0.5, 0.6) is 0 Å². The van der Waals surface area contributed by atoms with Crippen molar-refractivity contribution in [1.82, 2.24) is 4.72 Å². The Labute approximate surface area is 103 Å². The molecule has 1 N–H and O–H groups in total. The minimum Gasteiger partial charge on any atom is -0.274 e. The van der Waals surface area contributed by atoms with Crippen molar-refractivity contribution in [2.75, 3.05) is 0 Å². The highest BCUT2D eigenvalue weighted by atomic mass is 79.9. The first kappa shape index (κ1) is 13.2. The average molecular weight is 306 g/mol. The fraction of sp³-hybridized carbons (Fsp3) is 0.300. The summed E-state index contributed by atoms with van der Waals surface area (Å²) in [5.74, 6) is -0.481. The molecule has 0 atom stereocenters. The molecule has 6 heteroatoms. The summed E-state index contributed by atoms with van der Waals surface area (Å²) in [6, 6.07) is 6.09. The number of halogens is 1. The van der Waals surface area contributed by atoms with Gasteiger partial charge in [-0.15, -0.1) is 0 Å². The summed E-state index contributed by atoms with van der Waals surface area (Å²) in [5, 5.41) is 0. The monoisotopic (exact) mass is 305 g/mol. The Kier molecular flexibility index (Phi) is 4.49. The lowest BCUT2D eigenvalue weighted by molar-refractivity contribution is -0.119. The number of nitrogens with one attached hydrogen (secondary N) is 1. The van der Waals surface area contributed by atoms with Gasteiger partial charge in [0.2, 0.25) is 5.91 Å². The molecule has 1 aromatic rings. The van der Waals surface area contributed by atoms with Crippen molar-refractivity contribution in [1.29, 1.82) is 0 Å². The van der Waals surface area contributed by atoms with Gasteiger partial charge < -0.3 is 0 Å². The highest BCUT2D eigenvalue weighted by molar-refractivity contribution is 9.10. The molecule has 1 aromatic carbocycles. The van der Waals surface area contributed by atoms with Crippen LogP contribution in [-0.4, -0.2) is 14.3 Å². The van der Waals surface area contributed by atoms with Crippen LogP contribution in [-0.2, 0) is 14.8 Å². The largest absolute Gasteiger partial charge is 0.274 e. The van der Waals surface area contributed by atoms with Gasteiger partial charge in [0, 0.05) is 10.9 Å². The quantitative estimate of drug-likeness (QED) is 0.926. The molecule has 0 saturated heterocycles. The fourth-order valence-electron chi connectivity index (χ4n) is 1.10. The van der Waals surface area contributed by atoms with Crippen LogP contribution in [0.2, 0.25) is 0 Å². The summed E-state index contributed by atoms with van der Waals surface area (Å²) < 4.78 is 26.2. The number of rotatable bonds is 4. The maximum Gasteiger partial charge on any atom is 0.264 e. The predicted octanol–water partition coefficient (Wildman–Crippen LogP) is 2.05. The van der Waals surface area contributed by atoms with E-state index in [1.165, 1.54) is 12.1 Å². The van der Waals surface area contributed by atoms with E-state index in [1.54, 1.807) is 12.1 Å². The summed E-state index contributed by atoms with van der Waals surface area (Å²) in [6.45, 7) is 1.81. The highest BCUT2D eigenvalue weighted by Crippen LogP contribution is 2.14. The lowest BCUT2D eigenvalue weighted by Crippen LogP contribution is -2.30. The predicted molar refractivity (Wildman–Crippen MR) is 64.4 cm³/mol. The number of carbonyl (C=O) groups excluding carboxylic acids is 1. The van der Waals surface area contributed by atoms with Gasteiger partial charge >= 0.3 is 0 Å². The maximum atomic E-state index is 11.7. The average Bonchev–Trinajstić information content (AvgIpc) is 2.17. The first-order valence-electron chi connectivity index (χ1n) is 4.77. The summed E-state index contributed by atoms with van der Waals surface area (Å²) in [4.78, 5) is 11.3. The Morgan fingerprint density at radius 2 is 1.88 bits per heavy atom. The molecule has 4 nitrogen and oxygen atoms in total. The minimum atomic E-state index is -3.72. The topological polar surface area (TPSA) is 63.2 Å². The van der Waals surface area contributed by atoms with Crippen molar-refractivity contribution in [2.24, 2.45) is 0 Å². The summed E-state index contributed by atoms with van der Waals surface area (Å²) in [5.41, 5.74) is 0. The summed E-state index contributed by atoms with van der Waals surface area (Å²) in [6.07, 6.45) is 0.817. The zero-order valence-electron chi connectivity index (χ0n) is 8.73. The molecule has 0 fully saturated rings. The van der Waals surface area contributed by atoms with Crippen molar-refractivity contribution in [3.8, 4) is 0 Å². The molecule has 16 heavy (non-hydrogen) atoms. The van der Waals surface area contributed by atoms with E-state index in [9.17, 15) is 13.2 Å². The lowest BCUT2D eigenvalue weighted by Gasteiger charge is -2.05. The molecule has 0 aliphatic heterocycles. The van der Waals surface area contributed by atoms with Crippen molar-refractivity contribution in [3.63, 3.8) is 0 Å². The molecule has 0 saturated carbocycles. The minimum absolute atomic E-state index is 0.0835. The molecule has 0 aromatic heterocycles. The van der Waals surface area contributed by atoms with E-state index in [-0.39, 0.29) is 11.3 Å². The zero-order valence-corrected chi connectivity index (χ0v) is 11.1. The third-order valence-corrected chi connectivity index (χ3v) is 3.77. The zero-order chi connectivity index (χ0) is 12.2. The lowest BCUT2D eigenvalue weighted by atomic mass is 10.3. The Morgan fingerprint density at radius 3 is 2.38 bits per heavy atom. The van der Waals surface area contributed by atoms with Crippen LogP contribution in [0.25, 0.3) is 0 Å². The van der Waals surface area contributed by atoms with Gasteiger partial charge in [0.25, 0.3) is 10.0 Å². The Bertz CT molecular complexity index is 467. The second-order valence-corrected chi connectivity index (χ2v) is 5.83. The van der Waals surface area contributed by atoms with Gasteiger partial charge in [-0.05, 0) is 30.7 Å². The van der Waals surface area contributed by atoms with E-state index in [0.29, 0.717) is 6.42 Å². The molecule has 0 heterocycles. The third kappa shape index (κ3) is 3.61. The van der Waals surface area contributed by atoms with Gasteiger partial charge in [0.15, 0.2) is 0 Å². The van der Waals surface area contributed by atoms with E-state index in [1.807, 2.05) is 11.6 Å². The Morgan fingerprint density at radius 1 is 1.31 bits per heavy atom. The summed E-state index contributed by atoms with van der Waals surface area (Å²) >= 11 is 3.21. The molecule has 0 bridgehead atoms. The van der Waals surface area contributed by atoms with Crippen LogP contribution in [0.3, 0.4) is 0 Å². The molecular formula is C10H12BrNO3S. The van der Waals surface area contributed by atoms with E-state index in [4.69, 9.17) is 0 Å². The summed E-state index contributed by atoms with van der Waals surface area (Å²) in [7, 11) is -3.72. The number of hydrogen-bond donors (Lipinski definition) is 1. The van der Waals surface area contributed by atoms with E-state index < -0.39 is 15.9 Å². The second kappa shape index (κ2) is 5.45. The molecule has 0 aliphatic carbocycles. The van der Waals surface area contributed by atoms with E-state index >= 15 is 0 Å². The fourth-order valence-corrected chi connectivity index (χ4v) is 2.38. The van der Waals surface area contributed by atoms with Crippen LogP contribution >= 0.6 is 15.9 Å². The Balaban J connectivity index is 2.86. The molecule has 1 amide bonds. The number of carbonyl (C=O) groups is 1. The normalized spacial score (nSPS) is 11.1. The van der Waals surface area contributed by atoms with Crippen LogP contribution in [0, 0.1) is 0 Å².